The fourth-order valence-electron chi connectivity index (χ4n) is 3.23. The molecule has 1 aromatic carbocycles. The van der Waals surface area contributed by atoms with Crippen LogP contribution in [0, 0.1) is 0 Å². The zero-order valence-corrected chi connectivity index (χ0v) is 15.5. The summed E-state index contributed by atoms with van der Waals surface area (Å²) in [6, 6.07) is 5.68. The average molecular weight is 367 g/mol. The Hall–Kier alpha value is -3.16. The highest BCUT2D eigenvalue weighted by Gasteiger charge is 2.23. The number of hydrogen-bond donors (Lipinski definition) is 1. The predicted molar refractivity (Wildman–Crippen MR) is 98.6 cm³/mol. The minimum absolute atomic E-state index is 0.180. The van der Waals surface area contributed by atoms with Gasteiger partial charge in [-0.2, -0.15) is 5.10 Å². The van der Waals surface area contributed by atoms with Gasteiger partial charge in [0.25, 0.3) is 0 Å². The Kier molecular flexibility index (Phi) is 4.18. The van der Waals surface area contributed by atoms with Crippen molar-refractivity contribution >= 4 is 5.97 Å². The molecule has 0 fully saturated rings. The fourth-order valence-corrected chi connectivity index (χ4v) is 3.23. The van der Waals surface area contributed by atoms with Crippen molar-refractivity contribution in [1.82, 2.24) is 24.3 Å². The van der Waals surface area contributed by atoms with Gasteiger partial charge in [-0.3, -0.25) is 4.79 Å². The van der Waals surface area contributed by atoms with Crippen LogP contribution < -0.4 is 4.74 Å². The summed E-state index contributed by atoms with van der Waals surface area (Å²) in [5.74, 6) is 0.707. The number of rotatable bonds is 4. The number of carboxylic acids is 1. The van der Waals surface area contributed by atoms with Crippen LogP contribution in [0.25, 0.3) is 22.9 Å². The molecule has 0 spiro atoms. The molecule has 8 nitrogen and oxygen atoms in total. The molecule has 27 heavy (non-hydrogen) atoms. The maximum atomic E-state index is 11.3. The van der Waals surface area contributed by atoms with Crippen molar-refractivity contribution < 1.29 is 14.6 Å². The quantitative estimate of drug-likeness (QED) is 0.762. The van der Waals surface area contributed by atoms with Gasteiger partial charge in [0, 0.05) is 12.2 Å². The normalized spacial score (nSPS) is 14.2. The number of carboxylic acid groups (broad SMARTS) is 1. The van der Waals surface area contributed by atoms with Crippen LogP contribution >= 0.6 is 0 Å². The van der Waals surface area contributed by atoms with Crippen LogP contribution in [0.15, 0.2) is 30.7 Å². The van der Waals surface area contributed by atoms with Crippen LogP contribution in [-0.2, 0) is 11.3 Å². The molecule has 0 radical (unpaired) electrons. The van der Waals surface area contributed by atoms with E-state index in [2.05, 4.69) is 10.1 Å². The molecule has 4 rings (SSSR count). The predicted octanol–water partition coefficient (Wildman–Crippen LogP) is 2.97. The van der Waals surface area contributed by atoms with E-state index in [1.54, 1.807) is 13.0 Å². The highest BCUT2D eigenvalue weighted by atomic mass is 16.5. The Morgan fingerprint density at radius 2 is 2.07 bits per heavy atom. The molecule has 0 saturated heterocycles. The van der Waals surface area contributed by atoms with Gasteiger partial charge in [0.05, 0.1) is 18.0 Å². The second-order valence-electron chi connectivity index (χ2n) is 6.93. The van der Waals surface area contributed by atoms with Crippen molar-refractivity contribution in [2.24, 2.45) is 0 Å². The number of carbonyl (C=O) groups is 1. The van der Waals surface area contributed by atoms with E-state index in [-0.39, 0.29) is 6.04 Å². The molecule has 0 saturated carbocycles. The first-order valence-corrected chi connectivity index (χ1v) is 8.92. The molecule has 3 aromatic rings. The largest absolute Gasteiger partial charge is 0.491 e. The Morgan fingerprint density at radius 3 is 2.81 bits per heavy atom. The topological polar surface area (TPSA) is 95.1 Å². The lowest BCUT2D eigenvalue weighted by Crippen LogP contribution is -2.08. The average Bonchev–Trinajstić information content (AvgIpc) is 3.25. The maximum Gasteiger partial charge on any atom is 0.310 e. The summed E-state index contributed by atoms with van der Waals surface area (Å²) >= 11 is 0. The van der Waals surface area contributed by atoms with Gasteiger partial charge in [-0.05, 0) is 38.5 Å². The smallest absolute Gasteiger partial charge is 0.310 e. The SMILES string of the molecule is CC(C(=O)O)c1ccc2c(c1)OCCn1cc(-c3ncnn3C(C)C)nc1-2. The molecule has 0 bridgehead atoms. The van der Waals surface area contributed by atoms with Gasteiger partial charge in [0.1, 0.15) is 30.2 Å². The van der Waals surface area contributed by atoms with Crippen molar-refractivity contribution in [1.29, 1.82) is 0 Å². The lowest BCUT2D eigenvalue weighted by atomic mass is 9.99. The number of aliphatic carboxylic acids is 1. The third-order valence-electron chi connectivity index (χ3n) is 4.77. The van der Waals surface area contributed by atoms with E-state index in [4.69, 9.17) is 9.72 Å². The number of imidazole rings is 1. The molecular weight excluding hydrogens is 346 g/mol. The molecule has 1 unspecified atom stereocenters. The second kappa shape index (κ2) is 6.53. The number of aromatic nitrogens is 5. The first kappa shape index (κ1) is 17.3. The third kappa shape index (κ3) is 2.97. The summed E-state index contributed by atoms with van der Waals surface area (Å²) in [6.45, 7) is 6.90. The van der Waals surface area contributed by atoms with E-state index < -0.39 is 11.9 Å². The summed E-state index contributed by atoms with van der Waals surface area (Å²) in [5, 5.41) is 13.5. The number of fused-ring (bicyclic) bond motifs is 3. The van der Waals surface area contributed by atoms with Crippen molar-refractivity contribution in [3.63, 3.8) is 0 Å². The summed E-state index contributed by atoms with van der Waals surface area (Å²) in [4.78, 5) is 20.4. The fraction of sp³-hybridized carbons (Fsp3) is 0.368. The van der Waals surface area contributed by atoms with Gasteiger partial charge in [-0.1, -0.05) is 6.07 Å². The number of benzene rings is 1. The van der Waals surface area contributed by atoms with Gasteiger partial charge in [-0.15, -0.1) is 0 Å². The van der Waals surface area contributed by atoms with Crippen molar-refractivity contribution in [2.45, 2.75) is 39.3 Å². The van der Waals surface area contributed by atoms with Crippen LogP contribution in [0.5, 0.6) is 5.75 Å². The Morgan fingerprint density at radius 1 is 1.26 bits per heavy atom. The van der Waals surface area contributed by atoms with Crippen LogP contribution in [-0.4, -0.2) is 42.0 Å². The first-order valence-electron chi connectivity index (χ1n) is 8.92. The van der Waals surface area contributed by atoms with Crippen molar-refractivity contribution in [2.75, 3.05) is 6.61 Å². The number of ether oxygens (including phenoxy) is 1. The second-order valence-corrected chi connectivity index (χ2v) is 6.93. The third-order valence-corrected chi connectivity index (χ3v) is 4.77. The van der Waals surface area contributed by atoms with Crippen LogP contribution in [0.1, 0.15) is 38.3 Å². The molecule has 140 valence electrons. The van der Waals surface area contributed by atoms with Gasteiger partial charge in [0.2, 0.25) is 0 Å². The molecule has 0 amide bonds. The molecular formula is C19H21N5O3. The summed E-state index contributed by atoms with van der Waals surface area (Å²) < 4.78 is 9.75. The molecule has 3 heterocycles. The molecule has 1 aliphatic heterocycles. The Labute approximate surface area is 156 Å². The van der Waals surface area contributed by atoms with Crippen LogP contribution in [0.4, 0.5) is 0 Å². The number of nitrogens with zero attached hydrogens (tertiary/aromatic N) is 5. The first-order chi connectivity index (χ1) is 13.0. The number of hydrogen-bond acceptors (Lipinski definition) is 5. The van der Waals surface area contributed by atoms with Gasteiger partial charge in [-0.25, -0.2) is 14.6 Å². The van der Waals surface area contributed by atoms with E-state index in [1.807, 2.05) is 41.4 Å². The molecule has 1 atom stereocenters. The summed E-state index contributed by atoms with van der Waals surface area (Å²) in [5.41, 5.74) is 2.31. The summed E-state index contributed by atoms with van der Waals surface area (Å²) in [7, 11) is 0. The van der Waals surface area contributed by atoms with E-state index in [0.29, 0.717) is 24.5 Å². The minimum Gasteiger partial charge on any atom is -0.491 e. The molecule has 2 aromatic heterocycles. The van der Waals surface area contributed by atoms with E-state index in [1.165, 1.54) is 6.33 Å². The molecule has 1 aliphatic rings. The minimum atomic E-state index is -0.861. The Balaban J connectivity index is 1.79. The van der Waals surface area contributed by atoms with Crippen molar-refractivity contribution in [3.8, 4) is 28.7 Å². The molecule has 8 heteroatoms. The van der Waals surface area contributed by atoms with E-state index in [0.717, 1.165) is 22.9 Å². The monoisotopic (exact) mass is 367 g/mol. The highest BCUT2D eigenvalue weighted by molar-refractivity contribution is 5.77. The Bertz CT molecular complexity index is 1000. The standard InChI is InChI=1S/C19H21N5O3/c1-11(2)24-18(20-10-21-24)15-9-23-6-7-27-16-8-13(12(3)19(25)26)4-5-14(16)17(23)22-15/h4-5,8-12H,6-7H2,1-3H3,(H,25,26). The molecule has 0 aliphatic carbocycles. The van der Waals surface area contributed by atoms with Crippen LogP contribution in [0.3, 0.4) is 0 Å². The van der Waals surface area contributed by atoms with Crippen LogP contribution in [0.2, 0.25) is 0 Å². The highest BCUT2D eigenvalue weighted by Crippen LogP contribution is 2.35. The van der Waals surface area contributed by atoms with Gasteiger partial charge in [0.15, 0.2) is 5.82 Å². The lowest BCUT2D eigenvalue weighted by Gasteiger charge is -2.11. The lowest BCUT2D eigenvalue weighted by molar-refractivity contribution is -0.138. The van der Waals surface area contributed by atoms with Gasteiger partial charge >= 0.3 is 5.97 Å². The maximum absolute atomic E-state index is 11.3. The summed E-state index contributed by atoms with van der Waals surface area (Å²) in [6.07, 6.45) is 3.50. The van der Waals surface area contributed by atoms with Gasteiger partial charge < -0.3 is 14.4 Å². The van der Waals surface area contributed by atoms with E-state index in [9.17, 15) is 9.90 Å². The molecule has 1 N–H and O–H groups in total. The van der Waals surface area contributed by atoms with Crippen molar-refractivity contribution in [3.05, 3.63) is 36.3 Å². The van der Waals surface area contributed by atoms with E-state index >= 15 is 0 Å². The zero-order valence-electron chi connectivity index (χ0n) is 15.5. The zero-order chi connectivity index (χ0) is 19.1.